The van der Waals surface area contributed by atoms with Gasteiger partial charge in [-0.1, -0.05) is 6.58 Å². The summed E-state index contributed by atoms with van der Waals surface area (Å²) in [5.41, 5.74) is 0.105. The molecular weight excluding hydrogens is 316 g/mol. The molecule has 24 heavy (non-hydrogen) atoms. The number of fused-ring (bicyclic) bond motifs is 4. The fraction of sp³-hybridized carbons (Fsp3) is 0.588. The molecule has 1 aliphatic carbocycles. The summed E-state index contributed by atoms with van der Waals surface area (Å²) in [4.78, 5) is 35.6. The Morgan fingerprint density at radius 2 is 2.08 bits per heavy atom. The van der Waals surface area contributed by atoms with Crippen LogP contribution in [-0.2, 0) is 33.3 Å². The van der Waals surface area contributed by atoms with E-state index in [0.717, 1.165) is 0 Å². The number of carbonyl (C=O) groups is 3. The van der Waals surface area contributed by atoms with E-state index in [9.17, 15) is 14.4 Å². The Kier molecular flexibility index (Phi) is 3.16. The topological polar surface area (TPSA) is 91.4 Å². The molecule has 3 heterocycles. The molecule has 0 amide bonds. The van der Waals surface area contributed by atoms with Crippen LogP contribution in [0, 0.1) is 5.92 Å². The Balaban J connectivity index is 1.73. The lowest BCUT2D eigenvalue weighted by atomic mass is 9.83. The summed E-state index contributed by atoms with van der Waals surface area (Å²) in [5, 5.41) is 0. The molecular formula is C17H18O7. The van der Waals surface area contributed by atoms with Gasteiger partial charge in [0.05, 0.1) is 23.2 Å². The van der Waals surface area contributed by atoms with Crippen molar-refractivity contribution in [1.29, 1.82) is 0 Å². The molecule has 0 unspecified atom stereocenters. The van der Waals surface area contributed by atoms with Gasteiger partial charge in [-0.15, -0.1) is 0 Å². The maximum Gasteiger partial charge on any atom is 0.338 e. The van der Waals surface area contributed by atoms with E-state index in [0.29, 0.717) is 24.0 Å². The maximum absolute atomic E-state index is 12.3. The average molecular weight is 334 g/mol. The van der Waals surface area contributed by atoms with Gasteiger partial charge in [-0.05, 0) is 13.0 Å². The Labute approximate surface area is 138 Å². The molecule has 0 aromatic heterocycles. The number of esters is 3. The van der Waals surface area contributed by atoms with E-state index in [-0.39, 0.29) is 6.10 Å². The van der Waals surface area contributed by atoms with E-state index in [2.05, 4.69) is 6.58 Å². The van der Waals surface area contributed by atoms with Crippen LogP contribution >= 0.6 is 0 Å². The molecule has 0 saturated carbocycles. The molecule has 7 heteroatoms. The number of rotatable bonds is 1. The van der Waals surface area contributed by atoms with Crippen LogP contribution in [0.5, 0.6) is 0 Å². The fourth-order valence-electron chi connectivity index (χ4n) is 3.91. The zero-order valence-electron chi connectivity index (χ0n) is 13.4. The lowest BCUT2D eigenvalue weighted by Crippen LogP contribution is -2.33. The normalized spacial score (nSPS) is 43.2. The fourth-order valence-corrected chi connectivity index (χ4v) is 3.91. The zero-order chi connectivity index (χ0) is 17.2. The third-order valence-electron chi connectivity index (χ3n) is 5.23. The highest BCUT2D eigenvalue weighted by Crippen LogP contribution is 2.49. The van der Waals surface area contributed by atoms with Crippen molar-refractivity contribution < 1.29 is 33.3 Å². The third-order valence-corrected chi connectivity index (χ3v) is 5.23. The molecule has 2 fully saturated rings. The summed E-state index contributed by atoms with van der Waals surface area (Å²) in [5.74, 6) is -1.93. The van der Waals surface area contributed by atoms with Crippen LogP contribution in [0.3, 0.4) is 0 Å². The first-order chi connectivity index (χ1) is 11.3. The Morgan fingerprint density at radius 3 is 2.79 bits per heavy atom. The van der Waals surface area contributed by atoms with E-state index < -0.39 is 47.7 Å². The molecule has 6 atom stereocenters. The van der Waals surface area contributed by atoms with E-state index in [4.69, 9.17) is 18.9 Å². The average Bonchev–Trinajstić information content (AvgIpc) is 2.80. The van der Waals surface area contributed by atoms with Gasteiger partial charge >= 0.3 is 17.9 Å². The van der Waals surface area contributed by atoms with Gasteiger partial charge in [-0.3, -0.25) is 4.79 Å². The third kappa shape index (κ3) is 2.26. The first-order valence-corrected chi connectivity index (χ1v) is 7.96. The Hall–Kier alpha value is -2.15. The minimum absolute atomic E-state index is 0.180. The summed E-state index contributed by atoms with van der Waals surface area (Å²) >= 11 is 0. The quantitative estimate of drug-likeness (QED) is 0.303. The van der Waals surface area contributed by atoms with Crippen molar-refractivity contribution in [3.63, 3.8) is 0 Å². The second-order valence-electron chi connectivity index (χ2n) is 6.94. The smallest absolute Gasteiger partial charge is 0.338 e. The lowest BCUT2D eigenvalue weighted by molar-refractivity contribution is -0.148. The number of ether oxygens (including phenoxy) is 4. The Bertz CT molecular complexity index is 693. The first kappa shape index (κ1) is 15.4. The van der Waals surface area contributed by atoms with Gasteiger partial charge in [0.2, 0.25) is 0 Å². The monoisotopic (exact) mass is 334 g/mol. The van der Waals surface area contributed by atoms with Crippen LogP contribution < -0.4 is 0 Å². The summed E-state index contributed by atoms with van der Waals surface area (Å²) in [6, 6.07) is 0. The number of carbonyl (C=O) groups excluding carboxylic acids is 3. The predicted molar refractivity (Wildman–Crippen MR) is 78.5 cm³/mol. The minimum Gasteiger partial charge on any atom is -0.458 e. The summed E-state index contributed by atoms with van der Waals surface area (Å²) in [6.45, 7) is 7.02. The molecule has 128 valence electrons. The van der Waals surface area contributed by atoms with Crippen LogP contribution in [0.2, 0.25) is 0 Å². The molecule has 4 aliphatic rings. The predicted octanol–water partition coefficient (Wildman–Crippen LogP) is 0.819. The van der Waals surface area contributed by atoms with E-state index in [1.165, 1.54) is 6.92 Å². The van der Waals surface area contributed by atoms with Gasteiger partial charge in [-0.25, -0.2) is 9.59 Å². The molecule has 0 N–H and O–H groups in total. The number of hydrogen-bond acceptors (Lipinski definition) is 7. The van der Waals surface area contributed by atoms with Crippen molar-refractivity contribution in [3.05, 3.63) is 23.8 Å². The number of epoxide rings is 1. The maximum atomic E-state index is 12.3. The number of hydrogen-bond donors (Lipinski definition) is 0. The van der Waals surface area contributed by atoms with Crippen molar-refractivity contribution in [2.45, 2.75) is 56.7 Å². The van der Waals surface area contributed by atoms with E-state index >= 15 is 0 Å². The highest BCUT2D eigenvalue weighted by atomic mass is 16.6. The van der Waals surface area contributed by atoms with E-state index in [1.807, 2.05) is 6.92 Å². The van der Waals surface area contributed by atoms with Crippen LogP contribution in [0.4, 0.5) is 0 Å². The van der Waals surface area contributed by atoms with Gasteiger partial charge in [-0.2, -0.15) is 0 Å². The van der Waals surface area contributed by atoms with Crippen molar-refractivity contribution in [2.24, 2.45) is 5.92 Å². The van der Waals surface area contributed by atoms with Crippen molar-refractivity contribution in [2.75, 3.05) is 0 Å². The largest absolute Gasteiger partial charge is 0.458 e. The van der Waals surface area contributed by atoms with Crippen LogP contribution in [-0.4, -0.2) is 47.9 Å². The van der Waals surface area contributed by atoms with E-state index in [1.54, 1.807) is 6.08 Å². The van der Waals surface area contributed by atoms with Gasteiger partial charge < -0.3 is 18.9 Å². The van der Waals surface area contributed by atoms with Crippen LogP contribution in [0.1, 0.15) is 26.7 Å². The molecule has 2 bridgehead atoms. The summed E-state index contributed by atoms with van der Waals surface area (Å²) in [7, 11) is 0. The molecule has 0 spiro atoms. The molecule has 7 nitrogen and oxygen atoms in total. The van der Waals surface area contributed by atoms with Crippen molar-refractivity contribution in [1.82, 2.24) is 0 Å². The highest BCUT2D eigenvalue weighted by Gasteiger charge is 2.60. The minimum atomic E-state index is -0.713. The standard InChI is InChI=1S/C17H18O7/c1-7-14-11-4-9(16(20)22-11)10(21-8(2)18)5-13-17(3,24-13)6-12(14)23-15(7)19/h4,10-14H,1,5-6H2,2-3H3/t10-,11+,12-,13+,14-,17-/m0/s1. The molecule has 4 rings (SSSR count). The molecule has 2 saturated heterocycles. The lowest BCUT2D eigenvalue weighted by Gasteiger charge is -2.23. The van der Waals surface area contributed by atoms with Gasteiger partial charge in [0.25, 0.3) is 0 Å². The molecule has 3 aliphatic heterocycles. The first-order valence-electron chi connectivity index (χ1n) is 7.96. The van der Waals surface area contributed by atoms with Crippen molar-refractivity contribution >= 4 is 17.9 Å². The second-order valence-corrected chi connectivity index (χ2v) is 6.94. The van der Waals surface area contributed by atoms with Gasteiger partial charge in [0.15, 0.2) is 0 Å². The van der Waals surface area contributed by atoms with Gasteiger partial charge in [0, 0.05) is 25.3 Å². The summed E-state index contributed by atoms with van der Waals surface area (Å²) in [6.07, 6.45) is 0.501. The molecule has 0 aromatic carbocycles. The highest BCUT2D eigenvalue weighted by molar-refractivity contribution is 5.94. The van der Waals surface area contributed by atoms with Gasteiger partial charge in [0.1, 0.15) is 18.3 Å². The summed E-state index contributed by atoms with van der Waals surface area (Å²) < 4.78 is 21.9. The molecule has 0 radical (unpaired) electrons. The Morgan fingerprint density at radius 1 is 1.33 bits per heavy atom. The SMILES string of the molecule is C=C1C(=O)O[C@H]2C[C@]3(C)O[C@@H]3C[C@H](OC(C)=O)C3=C[C@@H](OC3=O)[C@H]12. The zero-order valence-corrected chi connectivity index (χ0v) is 13.4. The van der Waals surface area contributed by atoms with Crippen molar-refractivity contribution in [3.8, 4) is 0 Å². The second kappa shape index (κ2) is 4.92. The van der Waals surface area contributed by atoms with Crippen LogP contribution in [0.25, 0.3) is 0 Å². The molecule has 0 aromatic rings. The van der Waals surface area contributed by atoms with Crippen LogP contribution in [0.15, 0.2) is 23.8 Å².